The van der Waals surface area contributed by atoms with Gasteiger partial charge in [-0.3, -0.25) is 14.6 Å². The molecule has 0 aliphatic heterocycles. The fourth-order valence-corrected chi connectivity index (χ4v) is 3.64. The van der Waals surface area contributed by atoms with Crippen molar-refractivity contribution in [3.05, 3.63) is 83.1 Å². The van der Waals surface area contributed by atoms with Crippen molar-refractivity contribution in [2.24, 2.45) is 11.5 Å². The number of benzene rings is 2. The zero-order valence-corrected chi connectivity index (χ0v) is 20.1. The zero-order chi connectivity index (χ0) is 26.2. The van der Waals surface area contributed by atoms with Crippen molar-refractivity contribution in [1.82, 2.24) is 4.98 Å². The van der Waals surface area contributed by atoms with Crippen LogP contribution in [-0.4, -0.2) is 28.4 Å². The lowest BCUT2D eigenvalue weighted by molar-refractivity contribution is -0.136. The third-order valence-corrected chi connectivity index (χ3v) is 5.27. The Bertz CT molecular complexity index is 1380. The number of aliphatic carboxylic acids is 1. The third kappa shape index (κ3) is 6.12. The van der Waals surface area contributed by atoms with Gasteiger partial charge in [0.05, 0.1) is 18.4 Å². The number of hydrogen-bond donors (Lipinski definition) is 3. The molecule has 0 aliphatic rings. The second-order valence-corrected chi connectivity index (χ2v) is 7.95. The average Bonchev–Trinajstić information content (AvgIpc) is 3.32. The summed E-state index contributed by atoms with van der Waals surface area (Å²) < 4.78 is 26.5. The van der Waals surface area contributed by atoms with E-state index in [2.05, 4.69) is 4.98 Å². The highest BCUT2D eigenvalue weighted by molar-refractivity contribution is 5.95. The van der Waals surface area contributed by atoms with Gasteiger partial charge in [0.2, 0.25) is 0 Å². The highest BCUT2D eigenvalue weighted by Gasteiger charge is 2.17. The molecule has 0 unspecified atom stereocenters. The first-order chi connectivity index (χ1) is 17.3. The van der Waals surface area contributed by atoms with Gasteiger partial charge in [0.15, 0.2) is 11.6 Å². The molecule has 4 aromatic rings. The number of fused-ring (bicyclic) bond motifs is 1. The Morgan fingerprint density at radius 2 is 1.86 bits per heavy atom. The molecule has 36 heavy (non-hydrogen) atoms. The number of halogens is 1. The Morgan fingerprint density at radius 3 is 2.53 bits per heavy atom. The number of hydrogen-bond acceptors (Lipinski definition) is 7. The number of carbonyl (C=O) groups is 2. The summed E-state index contributed by atoms with van der Waals surface area (Å²) in [5, 5.41) is 9.95. The second kappa shape index (κ2) is 12.1. The van der Waals surface area contributed by atoms with Crippen LogP contribution in [0.2, 0.25) is 0 Å². The second-order valence-electron chi connectivity index (χ2n) is 7.95. The summed E-state index contributed by atoms with van der Waals surface area (Å²) in [6.45, 7) is 4.11. The van der Waals surface area contributed by atoms with Crippen molar-refractivity contribution >= 4 is 22.7 Å². The van der Waals surface area contributed by atoms with E-state index in [0.717, 1.165) is 11.9 Å². The van der Waals surface area contributed by atoms with E-state index in [1.807, 2.05) is 13.0 Å². The summed E-state index contributed by atoms with van der Waals surface area (Å²) in [4.78, 5) is 27.0. The van der Waals surface area contributed by atoms with Crippen molar-refractivity contribution < 1.29 is 28.2 Å². The first-order valence-corrected chi connectivity index (χ1v) is 11.3. The van der Waals surface area contributed by atoms with Crippen LogP contribution in [0, 0.1) is 5.82 Å². The molecule has 0 saturated carbocycles. The molecule has 2 heterocycles. The quantitative estimate of drug-likeness (QED) is 0.305. The van der Waals surface area contributed by atoms with Gasteiger partial charge in [-0.1, -0.05) is 19.1 Å². The molecule has 188 valence electrons. The first-order valence-electron chi connectivity index (χ1n) is 11.3. The molecule has 5 N–H and O–H groups in total. The number of ether oxygens (including phenoxy) is 1. The van der Waals surface area contributed by atoms with E-state index >= 15 is 0 Å². The minimum Gasteiger partial charge on any atom is -0.489 e. The number of carboxylic acids is 1. The van der Waals surface area contributed by atoms with Crippen LogP contribution in [-0.2, 0) is 24.4 Å². The number of rotatable bonds is 8. The van der Waals surface area contributed by atoms with Gasteiger partial charge < -0.3 is 25.7 Å². The summed E-state index contributed by atoms with van der Waals surface area (Å²) >= 11 is 0. The Morgan fingerprint density at radius 1 is 1.11 bits per heavy atom. The highest BCUT2D eigenvalue weighted by atomic mass is 19.1. The third-order valence-electron chi connectivity index (χ3n) is 5.27. The van der Waals surface area contributed by atoms with Crippen molar-refractivity contribution in [3.8, 4) is 16.9 Å². The molecule has 0 amide bonds. The van der Waals surface area contributed by atoms with E-state index in [-0.39, 0.29) is 31.0 Å². The van der Waals surface area contributed by atoms with Gasteiger partial charge in [-0.2, -0.15) is 0 Å². The number of carboxylic acid groups (broad SMARTS) is 1. The van der Waals surface area contributed by atoms with E-state index in [9.17, 15) is 19.1 Å². The van der Waals surface area contributed by atoms with Gasteiger partial charge in [0, 0.05) is 40.4 Å². The van der Waals surface area contributed by atoms with E-state index in [4.69, 9.17) is 20.6 Å². The number of furan rings is 1. The average molecular weight is 494 g/mol. The molecule has 9 heteroatoms. The molecule has 0 spiro atoms. The molecule has 2 aromatic carbocycles. The number of aromatic nitrogens is 1. The van der Waals surface area contributed by atoms with Crippen molar-refractivity contribution in [2.75, 3.05) is 6.54 Å². The lowest BCUT2D eigenvalue weighted by atomic mass is 10.00. The van der Waals surface area contributed by atoms with Crippen LogP contribution in [0.1, 0.15) is 41.0 Å². The van der Waals surface area contributed by atoms with Gasteiger partial charge in [-0.25, -0.2) is 4.39 Å². The van der Waals surface area contributed by atoms with Gasteiger partial charge in [-0.15, -0.1) is 0 Å². The fraction of sp³-hybridized carbons (Fsp3) is 0.222. The lowest BCUT2D eigenvalue weighted by Gasteiger charge is -2.13. The zero-order valence-electron chi connectivity index (χ0n) is 20.1. The molecular weight excluding hydrogens is 465 g/mol. The first kappa shape index (κ1) is 26.5. The number of ketones is 1. The Hall–Kier alpha value is -4.08. The molecule has 8 nitrogen and oxygen atoms in total. The Labute approximate surface area is 207 Å². The maximum Gasteiger partial charge on any atom is 0.307 e. The molecule has 0 bridgehead atoms. The van der Waals surface area contributed by atoms with Crippen molar-refractivity contribution in [2.45, 2.75) is 33.4 Å². The van der Waals surface area contributed by atoms with E-state index in [1.165, 1.54) is 25.5 Å². The van der Waals surface area contributed by atoms with Gasteiger partial charge in [0.1, 0.15) is 17.9 Å². The Balaban J connectivity index is 0.00000115. The molecule has 0 aliphatic carbocycles. The fourth-order valence-electron chi connectivity index (χ4n) is 3.64. The molecule has 2 aromatic heterocycles. The maximum atomic E-state index is 15.0. The number of Topliss-reactive ketones (excluding diaryl/α,β-unsaturated/α-hetero) is 1. The van der Waals surface area contributed by atoms with Crippen LogP contribution in [0.3, 0.4) is 0 Å². The van der Waals surface area contributed by atoms with Crippen LogP contribution in [0.25, 0.3) is 22.1 Å². The molecule has 0 radical (unpaired) electrons. The largest absolute Gasteiger partial charge is 0.489 e. The predicted octanol–water partition coefficient (Wildman–Crippen LogP) is 4.47. The molecule has 0 atom stereocenters. The Kier molecular flexibility index (Phi) is 8.88. The summed E-state index contributed by atoms with van der Waals surface area (Å²) in [6.07, 6.45) is 2.76. The molecule has 4 rings (SSSR count). The molecule has 0 saturated heterocycles. The normalized spacial score (nSPS) is 10.6. The summed E-state index contributed by atoms with van der Waals surface area (Å²) in [5.74, 6) is -1.39. The van der Waals surface area contributed by atoms with Crippen LogP contribution in [0.5, 0.6) is 5.75 Å². The number of nitrogens with zero attached hydrogens (tertiary/aromatic N) is 1. The number of nitrogens with two attached hydrogens (primary N) is 2. The minimum absolute atomic E-state index is 0.0391. The maximum absolute atomic E-state index is 15.0. The van der Waals surface area contributed by atoms with E-state index < -0.39 is 11.8 Å². The topological polar surface area (TPSA) is 142 Å². The predicted molar refractivity (Wildman–Crippen MR) is 134 cm³/mol. The lowest BCUT2D eigenvalue weighted by Crippen LogP contribution is -2.06. The van der Waals surface area contributed by atoms with Crippen LogP contribution in [0.4, 0.5) is 4.39 Å². The standard InChI is InChI=1S/C25H21FN2O5.C2H7N/c1-14(29)16-2-3-17(11-23(30)31)22(10-16)33-13-15-8-18-5-7-32-25(18)20(9-15)19-4-6-28-21(12-27)24(19)26;1-2-3/h2-10H,11-13,27H2,1H3,(H,30,31);2-3H2,1H3. The SMILES string of the molecule is CC(=O)c1ccc(CC(=O)O)c(OCc2cc(-c3ccnc(CN)c3F)c3occc3c2)c1.CCN. The summed E-state index contributed by atoms with van der Waals surface area (Å²) in [5.41, 5.74) is 13.5. The van der Waals surface area contributed by atoms with Crippen LogP contribution in [0.15, 0.2) is 59.3 Å². The molecule has 0 fully saturated rings. The van der Waals surface area contributed by atoms with Gasteiger partial charge in [0.25, 0.3) is 0 Å². The van der Waals surface area contributed by atoms with Crippen molar-refractivity contribution in [3.63, 3.8) is 0 Å². The van der Waals surface area contributed by atoms with Crippen LogP contribution >= 0.6 is 0 Å². The van der Waals surface area contributed by atoms with Gasteiger partial charge in [-0.05, 0) is 49.4 Å². The van der Waals surface area contributed by atoms with E-state index in [1.54, 1.807) is 30.3 Å². The minimum atomic E-state index is -1.01. The van der Waals surface area contributed by atoms with Crippen LogP contribution < -0.4 is 16.2 Å². The monoisotopic (exact) mass is 493 g/mol. The highest BCUT2D eigenvalue weighted by Crippen LogP contribution is 2.34. The van der Waals surface area contributed by atoms with Gasteiger partial charge >= 0.3 is 5.97 Å². The van der Waals surface area contributed by atoms with E-state index in [0.29, 0.717) is 39.1 Å². The smallest absolute Gasteiger partial charge is 0.307 e. The number of carbonyl (C=O) groups excluding carboxylic acids is 1. The summed E-state index contributed by atoms with van der Waals surface area (Å²) in [7, 11) is 0. The van der Waals surface area contributed by atoms with Crippen molar-refractivity contribution in [1.29, 1.82) is 0 Å². The number of pyridine rings is 1. The molecular formula is C27H28FN3O5. The summed E-state index contributed by atoms with van der Waals surface area (Å²) in [6, 6.07) is 11.6.